The standard InChI is InChI=1S/C21H14Cl3N3O3/c22-12-3-5-15(23)14(9-12)21(13-4-1-10(19(25)28)7-16(13)24)26-17-6-2-11(20(29)30)8-18(17)27-21/h1-9,26-27H,(H2,25,28)(H,29,30). The molecule has 3 aromatic carbocycles. The number of nitrogens with two attached hydrogens (primary N) is 1. The number of carbonyl (C=O) groups is 2. The van der Waals surface area contributed by atoms with E-state index in [4.69, 9.17) is 40.5 Å². The average Bonchev–Trinajstić information content (AvgIpc) is 3.08. The summed E-state index contributed by atoms with van der Waals surface area (Å²) in [6.45, 7) is 0. The van der Waals surface area contributed by atoms with Crippen molar-refractivity contribution in [2.45, 2.75) is 5.66 Å². The van der Waals surface area contributed by atoms with Gasteiger partial charge in [-0.2, -0.15) is 0 Å². The second-order valence-corrected chi connectivity index (χ2v) is 8.00. The highest BCUT2D eigenvalue weighted by atomic mass is 35.5. The second kappa shape index (κ2) is 7.40. The lowest BCUT2D eigenvalue weighted by molar-refractivity contribution is 0.0696. The van der Waals surface area contributed by atoms with Crippen LogP contribution >= 0.6 is 34.8 Å². The average molecular weight is 463 g/mol. The number of amides is 1. The number of carbonyl (C=O) groups excluding carboxylic acids is 1. The molecule has 3 aromatic rings. The van der Waals surface area contributed by atoms with Crippen molar-refractivity contribution in [3.63, 3.8) is 0 Å². The van der Waals surface area contributed by atoms with Gasteiger partial charge in [-0.3, -0.25) is 4.79 Å². The molecule has 30 heavy (non-hydrogen) atoms. The van der Waals surface area contributed by atoms with Crippen molar-refractivity contribution in [2.24, 2.45) is 5.73 Å². The molecule has 0 saturated heterocycles. The zero-order valence-electron chi connectivity index (χ0n) is 15.2. The lowest BCUT2D eigenvalue weighted by Crippen LogP contribution is -2.40. The van der Waals surface area contributed by atoms with E-state index in [-0.39, 0.29) is 16.1 Å². The van der Waals surface area contributed by atoms with Crippen molar-refractivity contribution in [2.75, 3.05) is 10.6 Å². The summed E-state index contributed by atoms with van der Waals surface area (Å²) in [4.78, 5) is 23.0. The van der Waals surface area contributed by atoms with Crippen LogP contribution in [0.2, 0.25) is 15.1 Å². The number of nitrogens with one attached hydrogen (secondary N) is 2. The highest BCUT2D eigenvalue weighted by Gasteiger charge is 2.43. The normalized spacial score (nSPS) is 17.0. The van der Waals surface area contributed by atoms with Crippen LogP contribution < -0.4 is 16.4 Å². The largest absolute Gasteiger partial charge is 0.478 e. The van der Waals surface area contributed by atoms with E-state index in [0.29, 0.717) is 32.5 Å². The van der Waals surface area contributed by atoms with Crippen molar-refractivity contribution in [3.8, 4) is 0 Å². The summed E-state index contributed by atoms with van der Waals surface area (Å²) in [6, 6.07) is 14.3. The zero-order valence-corrected chi connectivity index (χ0v) is 17.4. The monoisotopic (exact) mass is 461 g/mol. The number of hydrogen-bond acceptors (Lipinski definition) is 4. The lowest BCUT2D eigenvalue weighted by atomic mass is 9.90. The molecule has 0 aromatic heterocycles. The van der Waals surface area contributed by atoms with Crippen molar-refractivity contribution in [1.29, 1.82) is 0 Å². The molecule has 6 nitrogen and oxygen atoms in total. The molecular weight excluding hydrogens is 449 g/mol. The van der Waals surface area contributed by atoms with Gasteiger partial charge in [0, 0.05) is 31.8 Å². The zero-order chi connectivity index (χ0) is 21.6. The maximum Gasteiger partial charge on any atom is 0.335 e. The van der Waals surface area contributed by atoms with Crippen LogP contribution in [0.4, 0.5) is 11.4 Å². The Hall–Kier alpha value is -2.93. The Morgan fingerprint density at radius 1 is 0.800 bits per heavy atom. The smallest absolute Gasteiger partial charge is 0.335 e. The number of anilines is 2. The van der Waals surface area contributed by atoms with Gasteiger partial charge in [-0.25, -0.2) is 4.79 Å². The van der Waals surface area contributed by atoms with Crippen molar-refractivity contribution >= 4 is 58.1 Å². The molecule has 1 aliphatic rings. The summed E-state index contributed by atoms with van der Waals surface area (Å²) in [7, 11) is 0. The van der Waals surface area contributed by atoms with Crippen molar-refractivity contribution in [3.05, 3.63) is 91.9 Å². The van der Waals surface area contributed by atoms with Crippen LogP contribution in [0.5, 0.6) is 0 Å². The Balaban J connectivity index is 1.95. The molecule has 4 rings (SSSR count). The first-order chi connectivity index (χ1) is 14.2. The molecule has 0 fully saturated rings. The van der Waals surface area contributed by atoms with Crippen LogP contribution in [0, 0.1) is 0 Å². The minimum atomic E-state index is -1.17. The number of primary amides is 1. The van der Waals surface area contributed by atoms with E-state index in [1.807, 2.05) is 0 Å². The van der Waals surface area contributed by atoms with E-state index in [9.17, 15) is 14.7 Å². The predicted molar refractivity (Wildman–Crippen MR) is 118 cm³/mol. The summed E-state index contributed by atoms with van der Waals surface area (Å²) in [5, 5.41) is 17.1. The highest BCUT2D eigenvalue weighted by molar-refractivity contribution is 6.34. The van der Waals surface area contributed by atoms with E-state index in [1.165, 1.54) is 18.2 Å². The molecule has 1 aliphatic heterocycles. The molecule has 1 heterocycles. The molecular formula is C21H14Cl3N3O3. The second-order valence-electron chi connectivity index (χ2n) is 6.75. The van der Waals surface area contributed by atoms with Gasteiger partial charge in [0.2, 0.25) is 5.91 Å². The van der Waals surface area contributed by atoms with Gasteiger partial charge >= 0.3 is 5.97 Å². The van der Waals surface area contributed by atoms with Crippen LogP contribution in [0.25, 0.3) is 0 Å². The minimum absolute atomic E-state index is 0.117. The van der Waals surface area contributed by atoms with Gasteiger partial charge in [-0.15, -0.1) is 0 Å². The molecule has 1 atom stereocenters. The fraction of sp³-hybridized carbons (Fsp3) is 0.0476. The van der Waals surface area contributed by atoms with Gasteiger partial charge in [0.1, 0.15) is 0 Å². The topological polar surface area (TPSA) is 104 Å². The Bertz CT molecular complexity index is 1220. The van der Waals surface area contributed by atoms with E-state index < -0.39 is 17.5 Å². The number of carboxylic acids is 1. The predicted octanol–water partition coefficient (Wildman–Crippen LogP) is 5.18. The SMILES string of the molecule is NC(=O)c1ccc(C2(c3cc(Cl)ccc3Cl)Nc3ccc(C(=O)O)cc3N2)c(Cl)c1. The van der Waals surface area contributed by atoms with Crippen LogP contribution in [-0.4, -0.2) is 17.0 Å². The number of halogens is 3. The number of aromatic carboxylic acids is 1. The van der Waals surface area contributed by atoms with Gasteiger partial charge < -0.3 is 21.5 Å². The number of rotatable bonds is 4. The van der Waals surface area contributed by atoms with Gasteiger partial charge in [-0.1, -0.05) is 40.9 Å². The third-order valence-corrected chi connectivity index (χ3v) is 5.78. The fourth-order valence-electron chi connectivity index (χ4n) is 3.50. The number of carboxylic acid groups (broad SMARTS) is 1. The summed E-state index contributed by atoms with van der Waals surface area (Å²) < 4.78 is 0. The lowest BCUT2D eigenvalue weighted by Gasteiger charge is -2.34. The van der Waals surface area contributed by atoms with E-state index >= 15 is 0 Å². The first-order valence-corrected chi connectivity index (χ1v) is 9.84. The van der Waals surface area contributed by atoms with E-state index in [1.54, 1.807) is 36.4 Å². The Morgan fingerprint density at radius 2 is 1.50 bits per heavy atom. The van der Waals surface area contributed by atoms with Crippen molar-refractivity contribution in [1.82, 2.24) is 0 Å². The molecule has 5 N–H and O–H groups in total. The number of benzene rings is 3. The Kier molecular flexibility index (Phi) is 5.02. The molecule has 0 aliphatic carbocycles. The molecule has 152 valence electrons. The number of fused-ring (bicyclic) bond motifs is 1. The third kappa shape index (κ3) is 3.33. The highest BCUT2D eigenvalue weighted by Crippen LogP contribution is 2.48. The maximum atomic E-state index is 11.6. The summed E-state index contributed by atoms with van der Waals surface area (Å²) in [6.07, 6.45) is 0. The molecule has 0 saturated carbocycles. The van der Waals surface area contributed by atoms with E-state index in [2.05, 4.69) is 10.6 Å². The van der Waals surface area contributed by atoms with Gasteiger partial charge in [0.25, 0.3) is 0 Å². The molecule has 0 spiro atoms. The van der Waals surface area contributed by atoms with Crippen LogP contribution in [-0.2, 0) is 5.66 Å². The summed E-state index contributed by atoms with van der Waals surface area (Å²) in [5.74, 6) is -1.67. The summed E-state index contributed by atoms with van der Waals surface area (Å²) in [5.41, 5.74) is 6.86. The first kappa shape index (κ1) is 20.3. The van der Waals surface area contributed by atoms with Crippen LogP contribution in [0.1, 0.15) is 31.8 Å². The molecule has 0 bridgehead atoms. The quantitative estimate of drug-likeness (QED) is 0.427. The molecule has 1 amide bonds. The molecule has 0 radical (unpaired) electrons. The maximum absolute atomic E-state index is 11.6. The fourth-order valence-corrected chi connectivity index (χ4v) is 4.25. The molecule has 9 heteroatoms. The van der Waals surface area contributed by atoms with Crippen molar-refractivity contribution < 1.29 is 14.7 Å². The Morgan fingerprint density at radius 3 is 2.17 bits per heavy atom. The number of hydrogen-bond donors (Lipinski definition) is 4. The third-order valence-electron chi connectivity index (χ3n) is 4.90. The first-order valence-electron chi connectivity index (χ1n) is 8.70. The van der Waals surface area contributed by atoms with Crippen LogP contribution in [0.3, 0.4) is 0 Å². The van der Waals surface area contributed by atoms with Gasteiger partial charge in [0.05, 0.1) is 16.9 Å². The van der Waals surface area contributed by atoms with Crippen LogP contribution in [0.15, 0.2) is 54.6 Å². The Labute approximate surface area is 186 Å². The van der Waals surface area contributed by atoms with Gasteiger partial charge in [-0.05, 0) is 48.5 Å². The molecule has 1 unspecified atom stereocenters. The minimum Gasteiger partial charge on any atom is -0.478 e. The summed E-state index contributed by atoms with van der Waals surface area (Å²) >= 11 is 19.3. The van der Waals surface area contributed by atoms with E-state index in [0.717, 1.165) is 0 Å². The van der Waals surface area contributed by atoms with Gasteiger partial charge in [0.15, 0.2) is 5.66 Å².